The van der Waals surface area contributed by atoms with Crippen LogP contribution in [0.2, 0.25) is 0 Å². The van der Waals surface area contributed by atoms with E-state index in [4.69, 9.17) is 35.3 Å². The molecule has 0 atom stereocenters. The first-order valence-corrected chi connectivity index (χ1v) is 23.3. The normalized spacial score (nSPS) is 19.1. The highest BCUT2D eigenvalue weighted by Crippen LogP contribution is 2.57. The van der Waals surface area contributed by atoms with Crippen LogP contribution in [0.1, 0.15) is 63.1 Å². The standard InChI is InChI=1S/C48H57ClN6O9/c49-11-3-1-2-4-17-60-23-24-61-18-12-51-45(57)32-5-8-37-40(25-32)48(44(50)43(37)56)38-9-6-35(54-28-33(29-54)46(58)52-13-19-62-20-14-52)26-41(38)64-42-27-36(7-10-39(42)48)55-30-34(31-55)47(59)53-15-21-63-22-16-53/h5-10,25-27,33-34,50H,1-4,11-24,28-31H2,(H,51,57). The van der Waals surface area contributed by atoms with Gasteiger partial charge in [0, 0.05) is 117 Å². The zero-order valence-electron chi connectivity index (χ0n) is 36.2. The van der Waals surface area contributed by atoms with E-state index >= 15 is 0 Å². The van der Waals surface area contributed by atoms with Gasteiger partial charge in [-0.1, -0.05) is 25.0 Å². The van der Waals surface area contributed by atoms with Crippen LogP contribution in [0.5, 0.6) is 11.5 Å². The van der Waals surface area contributed by atoms with Crippen molar-refractivity contribution in [1.29, 1.82) is 5.41 Å². The average Bonchev–Trinajstić information content (AvgIpc) is 3.50. The fourth-order valence-corrected chi connectivity index (χ4v) is 9.94. The SMILES string of the molecule is N=C1C(=O)c2ccc(C(=O)NCCOCCOCCCCCCCl)cc2C12c1ccc(N3CC(C(=O)N4CCOCC4)C3)cc1Oc1cc(N3CC(C(=O)N4CCOCC4)C3)ccc12. The van der Waals surface area contributed by atoms with Gasteiger partial charge in [-0.15, -0.1) is 11.6 Å². The van der Waals surface area contributed by atoms with Gasteiger partial charge in [-0.2, -0.15) is 0 Å². The Morgan fingerprint density at radius 2 is 1.23 bits per heavy atom. The molecule has 3 aromatic carbocycles. The molecular formula is C48H57ClN6O9. The number of halogens is 1. The van der Waals surface area contributed by atoms with Crippen LogP contribution in [0.25, 0.3) is 0 Å². The third-order valence-corrected chi connectivity index (χ3v) is 13.7. The Labute approximate surface area is 378 Å². The maximum atomic E-state index is 14.2. The Balaban J connectivity index is 0.948. The maximum Gasteiger partial charge on any atom is 0.251 e. The average molecular weight is 897 g/mol. The van der Waals surface area contributed by atoms with Crippen molar-refractivity contribution in [3.63, 3.8) is 0 Å². The van der Waals surface area contributed by atoms with Gasteiger partial charge < -0.3 is 48.6 Å². The number of rotatable bonds is 17. The van der Waals surface area contributed by atoms with Crippen LogP contribution in [-0.4, -0.2) is 157 Å². The number of morpholine rings is 2. The number of Topliss-reactive ketones (excluding diaryl/α,β-unsaturated/α-hetero) is 1. The van der Waals surface area contributed by atoms with Crippen LogP contribution in [0.3, 0.4) is 0 Å². The number of carbonyl (C=O) groups is 4. The lowest BCUT2D eigenvalue weighted by molar-refractivity contribution is -0.141. The van der Waals surface area contributed by atoms with Crippen molar-refractivity contribution < 1.29 is 42.9 Å². The van der Waals surface area contributed by atoms with Crippen LogP contribution in [0, 0.1) is 17.2 Å². The molecule has 0 unspecified atom stereocenters. The van der Waals surface area contributed by atoms with Crippen molar-refractivity contribution >= 4 is 52.2 Å². The van der Waals surface area contributed by atoms with Crippen LogP contribution >= 0.6 is 11.6 Å². The van der Waals surface area contributed by atoms with Crippen LogP contribution < -0.4 is 19.9 Å². The first-order chi connectivity index (χ1) is 31.3. The van der Waals surface area contributed by atoms with Crippen LogP contribution in [0.15, 0.2) is 54.6 Å². The first kappa shape index (κ1) is 44.2. The number of anilines is 2. The molecule has 2 N–H and O–H groups in total. The second-order valence-corrected chi connectivity index (χ2v) is 17.7. The Kier molecular flexibility index (Phi) is 13.5. The largest absolute Gasteiger partial charge is 0.457 e. The molecule has 15 nitrogen and oxygen atoms in total. The summed E-state index contributed by atoms with van der Waals surface area (Å²) in [5, 5.41) is 12.6. The molecule has 64 heavy (non-hydrogen) atoms. The monoisotopic (exact) mass is 896 g/mol. The topological polar surface area (TPSA) is 163 Å². The molecule has 5 heterocycles. The molecule has 0 aromatic heterocycles. The summed E-state index contributed by atoms with van der Waals surface area (Å²) in [4.78, 5) is 62.4. The molecular weight excluding hydrogens is 840 g/mol. The van der Waals surface area contributed by atoms with Gasteiger partial charge in [0.25, 0.3) is 5.91 Å². The summed E-state index contributed by atoms with van der Waals surface area (Å²) in [6.45, 7) is 9.02. The van der Waals surface area contributed by atoms with E-state index in [9.17, 15) is 24.6 Å². The van der Waals surface area contributed by atoms with E-state index in [1.807, 2.05) is 46.2 Å². The Hall–Kier alpha value is -5.06. The van der Waals surface area contributed by atoms with Gasteiger partial charge in [0.05, 0.1) is 69.2 Å². The van der Waals surface area contributed by atoms with Gasteiger partial charge in [-0.25, -0.2) is 0 Å². The van der Waals surface area contributed by atoms with Crippen molar-refractivity contribution in [1.82, 2.24) is 15.1 Å². The number of carbonyl (C=O) groups excluding carboxylic acids is 4. The minimum atomic E-state index is -1.37. The fraction of sp³-hybridized carbons (Fsp3) is 0.521. The Morgan fingerprint density at radius 1 is 0.688 bits per heavy atom. The molecule has 1 aliphatic carbocycles. The van der Waals surface area contributed by atoms with E-state index in [1.165, 1.54) is 0 Å². The molecule has 6 aliphatic rings. The molecule has 4 saturated heterocycles. The highest BCUT2D eigenvalue weighted by atomic mass is 35.5. The molecule has 3 amide bonds. The molecule has 340 valence electrons. The predicted octanol–water partition coefficient (Wildman–Crippen LogP) is 4.49. The second kappa shape index (κ2) is 19.6. The minimum Gasteiger partial charge on any atom is -0.457 e. The molecule has 3 aromatic rings. The summed E-state index contributed by atoms with van der Waals surface area (Å²) in [6, 6.07) is 16.6. The minimum absolute atomic E-state index is 0.121. The first-order valence-electron chi connectivity index (χ1n) is 22.8. The lowest BCUT2D eigenvalue weighted by Crippen LogP contribution is -2.56. The highest BCUT2D eigenvalue weighted by Gasteiger charge is 2.56. The summed E-state index contributed by atoms with van der Waals surface area (Å²) < 4.78 is 29.0. The van der Waals surface area contributed by atoms with Crippen LogP contribution in [-0.2, 0) is 34.0 Å². The van der Waals surface area contributed by atoms with Crippen molar-refractivity contribution in [2.24, 2.45) is 11.8 Å². The van der Waals surface area contributed by atoms with E-state index in [0.717, 1.165) is 37.1 Å². The highest BCUT2D eigenvalue weighted by molar-refractivity contribution is 6.53. The summed E-state index contributed by atoms with van der Waals surface area (Å²) in [5.41, 5.74) is 2.73. The van der Waals surface area contributed by atoms with E-state index < -0.39 is 11.2 Å². The Bertz CT molecular complexity index is 2150. The number of nitrogens with zero attached hydrogens (tertiary/aromatic N) is 4. The Morgan fingerprint density at radius 3 is 1.80 bits per heavy atom. The van der Waals surface area contributed by atoms with E-state index in [-0.39, 0.29) is 41.8 Å². The number of unbranched alkanes of at least 4 members (excludes halogenated alkanes) is 3. The number of benzene rings is 3. The molecule has 1 spiro atoms. The van der Waals surface area contributed by atoms with Crippen molar-refractivity contribution in [3.05, 3.63) is 82.4 Å². The summed E-state index contributed by atoms with van der Waals surface area (Å²) >= 11 is 5.74. The number of amides is 3. The van der Waals surface area contributed by atoms with Gasteiger partial charge in [-0.05, 0) is 48.7 Å². The number of alkyl halides is 1. The number of nitrogens with one attached hydrogen (secondary N) is 2. The molecule has 0 radical (unpaired) electrons. The predicted molar refractivity (Wildman–Crippen MR) is 241 cm³/mol. The molecule has 9 rings (SSSR count). The zero-order chi connectivity index (χ0) is 44.2. The van der Waals surface area contributed by atoms with Gasteiger partial charge in [0.15, 0.2) is 0 Å². The van der Waals surface area contributed by atoms with Crippen molar-refractivity contribution in [2.75, 3.05) is 127 Å². The third-order valence-electron chi connectivity index (χ3n) is 13.4. The quantitative estimate of drug-likeness (QED) is 0.145. The number of hydrogen-bond acceptors (Lipinski definition) is 12. The smallest absolute Gasteiger partial charge is 0.251 e. The molecule has 0 saturated carbocycles. The molecule has 0 bridgehead atoms. The van der Waals surface area contributed by atoms with Gasteiger partial charge in [0.1, 0.15) is 11.5 Å². The second-order valence-electron chi connectivity index (χ2n) is 17.3. The van der Waals surface area contributed by atoms with E-state index in [1.54, 1.807) is 18.2 Å². The van der Waals surface area contributed by atoms with E-state index in [0.29, 0.717) is 150 Å². The summed E-state index contributed by atoms with van der Waals surface area (Å²) in [5.74, 6) is 0.962. The van der Waals surface area contributed by atoms with Gasteiger partial charge >= 0.3 is 0 Å². The van der Waals surface area contributed by atoms with Crippen molar-refractivity contribution in [3.8, 4) is 11.5 Å². The number of fused-ring (bicyclic) bond motifs is 6. The van der Waals surface area contributed by atoms with E-state index in [2.05, 4.69) is 15.1 Å². The lowest BCUT2D eigenvalue weighted by atomic mass is 9.67. The molecule has 5 aliphatic heterocycles. The van der Waals surface area contributed by atoms with Crippen LogP contribution in [0.4, 0.5) is 11.4 Å². The molecule has 4 fully saturated rings. The zero-order valence-corrected chi connectivity index (χ0v) is 37.0. The number of hydrogen-bond donors (Lipinski definition) is 2. The van der Waals surface area contributed by atoms with Gasteiger partial charge in [0.2, 0.25) is 17.6 Å². The number of ketones is 1. The number of ether oxygens (including phenoxy) is 5. The van der Waals surface area contributed by atoms with Crippen molar-refractivity contribution in [2.45, 2.75) is 31.1 Å². The fourth-order valence-electron chi connectivity index (χ4n) is 9.75. The molecule has 16 heteroatoms. The third kappa shape index (κ3) is 8.60. The van der Waals surface area contributed by atoms with Gasteiger partial charge in [-0.3, -0.25) is 24.6 Å². The lowest BCUT2D eigenvalue weighted by Gasteiger charge is -2.44. The summed E-state index contributed by atoms with van der Waals surface area (Å²) in [6.07, 6.45) is 4.20. The summed E-state index contributed by atoms with van der Waals surface area (Å²) in [7, 11) is 0. The maximum absolute atomic E-state index is 14.2.